The van der Waals surface area contributed by atoms with Gasteiger partial charge in [0.2, 0.25) is 0 Å². The number of thiophene rings is 1. The molecule has 0 aliphatic heterocycles. The molecule has 3 heteroatoms. The summed E-state index contributed by atoms with van der Waals surface area (Å²) in [6.45, 7) is 0. The summed E-state index contributed by atoms with van der Waals surface area (Å²) in [5.74, 6) is 0. The highest BCUT2D eigenvalue weighted by molar-refractivity contribution is 9.09. The Morgan fingerprint density at radius 3 is 2.86 bits per heavy atom. The minimum atomic E-state index is 0.866. The number of alkyl halides is 1. The first-order chi connectivity index (χ1) is 6.86. The summed E-state index contributed by atoms with van der Waals surface area (Å²) in [6.07, 6.45) is 1.88. The van der Waals surface area contributed by atoms with E-state index in [1.165, 1.54) is 15.6 Å². The van der Waals surface area contributed by atoms with Gasteiger partial charge in [0.25, 0.3) is 0 Å². The van der Waals surface area contributed by atoms with Crippen molar-refractivity contribution < 1.29 is 4.79 Å². The van der Waals surface area contributed by atoms with Gasteiger partial charge < -0.3 is 0 Å². The Morgan fingerprint density at radius 2 is 2.14 bits per heavy atom. The number of fused-ring (bicyclic) bond motifs is 1. The maximum absolute atomic E-state index is 10.9. The van der Waals surface area contributed by atoms with Gasteiger partial charge in [-0.2, -0.15) is 0 Å². The van der Waals surface area contributed by atoms with Crippen LogP contribution in [-0.2, 0) is 6.42 Å². The van der Waals surface area contributed by atoms with E-state index in [4.69, 9.17) is 0 Å². The number of hydrogen-bond donors (Lipinski definition) is 0. The fourth-order valence-electron chi connectivity index (χ4n) is 1.57. The second kappa shape index (κ2) is 4.24. The number of benzene rings is 1. The summed E-state index contributed by atoms with van der Waals surface area (Å²) < 4.78 is 1.20. The molecule has 2 rings (SSSR count). The minimum absolute atomic E-state index is 0.866. The van der Waals surface area contributed by atoms with Crippen LogP contribution in [-0.4, -0.2) is 11.6 Å². The number of hydrogen-bond acceptors (Lipinski definition) is 2. The van der Waals surface area contributed by atoms with Crippen molar-refractivity contribution >= 4 is 43.6 Å². The summed E-state index contributed by atoms with van der Waals surface area (Å²) in [5, 5.41) is 2.12. The molecule has 1 heterocycles. The first-order valence-corrected chi connectivity index (χ1v) is 6.32. The number of halogens is 1. The summed E-state index contributed by atoms with van der Waals surface area (Å²) in [6, 6.07) is 8.16. The lowest BCUT2D eigenvalue weighted by Crippen LogP contribution is -1.88. The molecule has 1 aromatic carbocycles. The number of carbonyl (C=O) groups excluding carboxylic acids is 1. The second-order valence-electron chi connectivity index (χ2n) is 3.00. The van der Waals surface area contributed by atoms with Crippen LogP contribution in [0, 0.1) is 0 Å². The zero-order chi connectivity index (χ0) is 9.97. The van der Waals surface area contributed by atoms with E-state index < -0.39 is 0 Å². The van der Waals surface area contributed by atoms with Crippen LogP contribution >= 0.6 is 27.3 Å². The van der Waals surface area contributed by atoms with Gasteiger partial charge in [-0.1, -0.05) is 34.1 Å². The van der Waals surface area contributed by atoms with Gasteiger partial charge >= 0.3 is 0 Å². The zero-order valence-corrected chi connectivity index (χ0v) is 9.90. The third kappa shape index (κ3) is 1.62. The molecule has 1 nitrogen and oxygen atoms in total. The van der Waals surface area contributed by atoms with Crippen molar-refractivity contribution in [2.45, 2.75) is 6.42 Å². The predicted molar refractivity (Wildman–Crippen MR) is 64.7 cm³/mol. The molecule has 14 heavy (non-hydrogen) atoms. The lowest BCUT2D eigenvalue weighted by molar-refractivity contribution is 0.112. The normalized spacial score (nSPS) is 10.6. The maximum Gasteiger partial charge on any atom is 0.160 e. The fourth-order valence-corrected chi connectivity index (χ4v) is 3.03. The zero-order valence-electron chi connectivity index (χ0n) is 7.50. The van der Waals surface area contributed by atoms with Gasteiger partial charge in [0.15, 0.2) is 6.29 Å². The van der Waals surface area contributed by atoms with Gasteiger partial charge in [0, 0.05) is 10.0 Å². The Balaban J connectivity index is 2.67. The average Bonchev–Trinajstić information content (AvgIpc) is 2.58. The van der Waals surface area contributed by atoms with Crippen LogP contribution in [0.2, 0.25) is 0 Å². The smallest absolute Gasteiger partial charge is 0.160 e. The van der Waals surface area contributed by atoms with Crippen molar-refractivity contribution in [3.05, 3.63) is 34.7 Å². The second-order valence-corrected chi connectivity index (χ2v) is 4.87. The molecule has 0 aliphatic rings. The van der Waals surface area contributed by atoms with Gasteiger partial charge in [-0.15, -0.1) is 11.3 Å². The highest BCUT2D eigenvalue weighted by Gasteiger charge is 2.09. The highest BCUT2D eigenvalue weighted by Crippen LogP contribution is 2.30. The molecule has 0 radical (unpaired) electrons. The molecule has 0 N–H and O–H groups in total. The standard InChI is InChI=1S/C11H9BrOS/c12-6-5-9-8-3-1-2-4-10(8)14-11(9)7-13/h1-4,7H,5-6H2. The monoisotopic (exact) mass is 268 g/mol. The SMILES string of the molecule is O=Cc1sc2ccccc2c1CCBr. The summed E-state index contributed by atoms with van der Waals surface area (Å²) in [7, 11) is 0. The summed E-state index contributed by atoms with van der Waals surface area (Å²) in [5.41, 5.74) is 1.18. The fraction of sp³-hybridized carbons (Fsp3) is 0.182. The van der Waals surface area contributed by atoms with Gasteiger partial charge in [0.1, 0.15) is 0 Å². The predicted octanol–water partition coefficient (Wildman–Crippen LogP) is 3.65. The minimum Gasteiger partial charge on any atom is -0.297 e. The van der Waals surface area contributed by atoms with Gasteiger partial charge in [-0.25, -0.2) is 0 Å². The van der Waals surface area contributed by atoms with Crippen LogP contribution in [0.3, 0.4) is 0 Å². The summed E-state index contributed by atoms with van der Waals surface area (Å²) >= 11 is 4.98. The number of carbonyl (C=O) groups is 1. The first-order valence-electron chi connectivity index (χ1n) is 4.38. The lowest BCUT2D eigenvalue weighted by Gasteiger charge is -1.95. The Morgan fingerprint density at radius 1 is 1.36 bits per heavy atom. The van der Waals surface area contributed by atoms with E-state index in [0.29, 0.717) is 0 Å². The van der Waals surface area contributed by atoms with Crippen LogP contribution in [0.25, 0.3) is 10.1 Å². The molecule has 0 fully saturated rings. The lowest BCUT2D eigenvalue weighted by atomic mass is 10.1. The first kappa shape index (κ1) is 9.87. The van der Waals surface area contributed by atoms with Crippen LogP contribution in [0.15, 0.2) is 24.3 Å². The van der Waals surface area contributed by atoms with Crippen LogP contribution < -0.4 is 0 Å². The Hall–Kier alpha value is -0.670. The quantitative estimate of drug-likeness (QED) is 0.614. The molecule has 2 aromatic rings. The van der Waals surface area contributed by atoms with E-state index >= 15 is 0 Å². The van der Waals surface area contributed by atoms with Crippen LogP contribution in [0.4, 0.5) is 0 Å². The van der Waals surface area contributed by atoms with Crippen molar-refractivity contribution in [2.24, 2.45) is 0 Å². The van der Waals surface area contributed by atoms with Gasteiger partial charge in [-0.3, -0.25) is 4.79 Å². The third-order valence-corrected chi connectivity index (χ3v) is 3.72. The molecular formula is C11H9BrOS. The van der Waals surface area contributed by atoms with E-state index in [0.717, 1.165) is 22.9 Å². The van der Waals surface area contributed by atoms with Gasteiger partial charge in [-0.05, 0) is 23.4 Å². The van der Waals surface area contributed by atoms with Gasteiger partial charge in [0.05, 0.1) is 4.88 Å². The van der Waals surface area contributed by atoms with Crippen molar-refractivity contribution in [2.75, 3.05) is 5.33 Å². The molecule has 0 amide bonds. The average molecular weight is 269 g/mol. The molecule has 0 atom stereocenters. The molecule has 0 unspecified atom stereocenters. The van der Waals surface area contributed by atoms with Crippen LogP contribution in [0.1, 0.15) is 15.2 Å². The molecule has 0 bridgehead atoms. The van der Waals surface area contributed by atoms with E-state index in [1.54, 1.807) is 11.3 Å². The number of rotatable bonds is 3. The maximum atomic E-state index is 10.9. The Bertz CT molecular complexity index is 461. The summed E-state index contributed by atoms with van der Waals surface area (Å²) in [4.78, 5) is 11.7. The molecule has 0 spiro atoms. The van der Waals surface area contributed by atoms with E-state index in [1.807, 2.05) is 12.1 Å². The molecular weight excluding hydrogens is 260 g/mol. The van der Waals surface area contributed by atoms with Crippen molar-refractivity contribution in [3.63, 3.8) is 0 Å². The van der Waals surface area contributed by atoms with Crippen molar-refractivity contribution in [1.29, 1.82) is 0 Å². The third-order valence-electron chi connectivity index (χ3n) is 2.18. The van der Waals surface area contributed by atoms with Crippen molar-refractivity contribution in [1.82, 2.24) is 0 Å². The molecule has 0 saturated heterocycles. The van der Waals surface area contributed by atoms with E-state index in [2.05, 4.69) is 28.1 Å². The number of aldehydes is 1. The topological polar surface area (TPSA) is 17.1 Å². The molecule has 1 aromatic heterocycles. The van der Waals surface area contributed by atoms with Crippen LogP contribution in [0.5, 0.6) is 0 Å². The molecule has 72 valence electrons. The van der Waals surface area contributed by atoms with E-state index in [9.17, 15) is 4.79 Å². The molecule has 0 aliphatic carbocycles. The Labute approximate surface area is 94.9 Å². The molecule has 0 saturated carbocycles. The van der Waals surface area contributed by atoms with E-state index in [-0.39, 0.29) is 0 Å². The Kier molecular flexibility index (Phi) is 2.99. The highest BCUT2D eigenvalue weighted by atomic mass is 79.9. The van der Waals surface area contributed by atoms with Crippen molar-refractivity contribution in [3.8, 4) is 0 Å². The number of aryl methyl sites for hydroxylation is 1. The largest absolute Gasteiger partial charge is 0.297 e.